The highest BCUT2D eigenvalue weighted by atomic mass is 79.9. The first-order valence-corrected chi connectivity index (χ1v) is 6.42. The fraction of sp³-hybridized carbons (Fsp3) is 0.455. The summed E-state index contributed by atoms with van der Waals surface area (Å²) in [5.74, 6) is 0. The van der Waals surface area contributed by atoms with Gasteiger partial charge in [0.15, 0.2) is 0 Å². The maximum Gasteiger partial charge on any atom is 0.391 e. The van der Waals surface area contributed by atoms with Crippen molar-refractivity contribution >= 4 is 27.5 Å². The summed E-state index contributed by atoms with van der Waals surface area (Å²) in [5, 5.41) is 1.02. The van der Waals surface area contributed by atoms with E-state index in [9.17, 15) is 13.2 Å². The number of halogens is 5. The Bertz CT molecular complexity index is 340. The highest BCUT2D eigenvalue weighted by Gasteiger charge is 2.27. The highest BCUT2D eigenvalue weighted by molar-refractivity contribution is 9.09. The summed E-state index contributed by atoms with van der Waals surface area (Å²) < 4.78 is 41.1. The van der Waals surface area contributed by atoms with Gasteiger partial charge in [-0.1, -0.05) is 39.7 Å². The Morgan fingerprint density at radius 1 is 1.24 bits per heavy atom. The molecule has 0 amide bonds. The first-order valence-electron chi connectivity index (χ1n) is 4.92. The Morgan fingerprint density at radius 2 is 1.82 bits per heavy atom. The summed E-state index contributed by atoms with van der Waals surface area (Å²) >= 11 is 8.93. The van der Waals surface area contributed by atoms with Gasteiger partial charge in [0.2, 0.25) is 0 Å². The molecule has 1 aromatic rings. The van der Waals surface area contributed by atoms with E-state index in [1.807, 2.05) is 0 Å². The minimum Gasteiger partial charge on any atom is -0.372 e. The average Bonchev–Trinajstić information content (AvgIpc) is 2.24. The van der Waals surface area contributed by atoms with Crippen LogP contribution < -0.4 is 0 Å². The maximum absolute atomic E-state index is 12.0. The number of ether oxygens (including phenoxy) is 1. The van der Waals surface area contributed by atoms with Crippen LogP contribution in [-0.4, -0.2) is 18.1 Å². The third-order valence-electron chi connectivity index (χ3n) is 2.09. The zero-order valence-corrected chi connectivity index (χ0v) is 11.1. The molecule has 0 aromatic heterocycles. The first-order chi connectivity index (χ1) is 7.92. The van der Waals surface area contributed by atoms with Crippen molar-refractivity contribution in [3.63, 3.8) is 0 Å². The fourth-order valence-electron chi connectivity index (χ4n) is 1.22. The lowest BCUT2D eigenvalue weighted by molar-refractivity contribution is -0.148. The van der Waals surface area contributed by atoms with Gasteiger partial charge in [0.05, 0.1) is 19.1 Å². The van der Waals surface area contributed by atoms with E-state index in [0.717, 1.165) is 5.56 Å². The number of hydrogen-bond acceptors (Lipinski definition) is 1. The van der Waals surface area contributed by atoms with Crippen LogP contribution in [-0.2, 0) is 4.74 Å². The van der Waals surface area contributed by atoms with E-state index in [-0.39, 0.29) is 6.61 Å². The van der Waals surface area contributed by atoms with E-state index < -0.39 is 18.7 Å². The van der Waals surface area contributed by atoms with Crippen molar-refractivity contribution in [1.29, 1.82) is 0 Å². The molecular formula is C11H11BrClF3O. The number of rotatable bonds is 5. The van der Waals surface area contributed by atoms with Crippen LogP contribution >= 0.6 is 27.5 Å². The molecule has 1 atom stereocenters. The Labute approximate surface area is 111 Å². The SMILES string of the molecule is FC(F)(F)CCOC(CBr)c1ccc(Cl)cc1. The van der Waals surface area contributed by atoms with Crippen molar-refractivity contribution in [2.75, 3.05) is 11.9 Å². The molecule has 0 aliphatic carbocycles. The summed E-state index contributed by atoms with van der Waals surface area (Å²) in [5.41, 5.74) is 0.799. The zero-order valence-electron chi connectivity index (χ0n) is 8.81. The van der Waals surface area contributed by atoms with E-state index >= 15 is 0 Å². The van der Waals surface area contributed by atoms with Gasteiger partial charge < -0.3 is 4.74 Å². The zero-order chi connectivity index (χ0) is 12.9. The minimum atomic E-state index is -4.18. The number of alkyl halides is 4. The van der Waals surface area contributed by atoms with Gasteiger partial charge in [-0.25, -0.2) is 0 Å². The topological polar surface area (TPSA) is 9.23 Å². The van der Waals surface area contributed by atoms with Gasteiger partial charge in [0.25, 0.3) is 0 Å². The molecule has 96 valence electrons. The molecule has 0 radical (unpaired) electrons. The largest absolute Gasteiger partial charge is 0.391 e. The van der Waals surface area contributed by atoms with Crippen LogP contribution in [0.15, 0.2) is 24.3 Å². The quantitative estimate of drug-likeness (QED) is 0.708. The Balaban J connectivity index is 2.51. The van der Waals surface area contributed by atoms with Crippen molar-refractivity contribution in [1.82, 2.24) is 0 Å². The summed E-state index contributed by atoms with van der Waals surface area (Å²) in [7, 11) is 0. The van der Waals surface area contributed by atoms with E-state index in [2.05, 4.69) is 15.9 Å². The second-order valence-electron chi connectivity index (χ2n) is 3.43. The Morgan fingerprint density at radius 3 is 2.29 bits per heavy atom. The summed E-state index contributed by atoms with van der Waals surface area (Å²) in [6.07, 6.45) is -5.52. The molecule has 0 bridgehead atoms. The predicted molar refractivity (Wildman–Crippen MR) is 64.6 cm³/mol. The molecule has 0 fully saturated rings. The molecular weight excluding hydrogens is 320 g/mol. The minimum absolute atomic E-state index is 0.345. The molecule has 1 nitrogen and oxygen atoms in total. The van der Waals surface area contributed by atoms with Crippen LogP contribution in [0.25, 0.3) is 0 Å². The molecule has 0 saturated heterocycles. The molecule has 0 heterocycles. The molecule has 1 aromatic carbocycles. The van der Waals surface area contributed by atoms with E-state index in [0.29, 0.717) is 10.4 Å². The van der Waals surface area contributed by atoms with Crippen molar-refractivity contribution in [3.8, 4) is 0 Å². The normalized spacial score (nSPS) is 13.7. The summed E-state index contributed by atoms with van der Waals surface area (Å²) in [6.45, 7) is -0.345. The number of hydrogen-bond donors (Lipinski definition) is 0. The molecule has 1 unspecified atom stereocenters. The molecule has 0 spiro atoms. The molecule has 6 heteroatoms. The fourth-order valence-corrected chi connectivity index (χ4v) is 1.91. The van der Waals surface area contributed by atoms with E-state index in [1.165, 1.54) is 0 Å². The lowest BCUT2D eigenvalue weighted by Crippen LogP contribution is -2.14. The average molecular weight is 332 g/mol. The van der Waals surface area contributed by atoms with Crippen molar-refractivity contribution in [2.45, 2.75) is 18.7 Å². The van der Waals surface area contributed by atoms with Crippen LogP contribution in [0.5, 0.6) is 0 Å². The molecule has 0 aliphatic rings. The van der Waals surface area contributed by atoms with Crippen LogP contribution in [0.1, 0.15) is 18.1 Å². The molecule has 17 heavy (non-hydrogen) atoms. The van der Waals surface area contributed by atoms with Crippen molar-refractivity contribution < 1.29 is 17.9 Å². The van der Waals surface area contributed by atoms with Gasteiger partial charge in [-0.05, 0) is 17.7 Å². The van der Waals surface area contributed by atoms with E-state index in [1.54, 1.807) is 24.3 Å². The third kappa shape index (κ3) is 5.75. The molecule has 0 saturated carbocycles. The van der Waals surface area contributed by atoms with Gasteiger partial charge in [-0.15, -0.1) is 0 Å². The molecule has 1 rings (SSSR count). The highest BCUT2D eigenvalue weighted by Crippen LogP contribution is 2.24. The van der Waals surface area contributed by atoms with Gasteiger partial charge >= 0.3 is 6.18 Å². The second kappa shape index (κ2) is 6.61. The van der Waals surface area contributed by atoms with Gasteiger partial charge in [0.1, 0.15) is 0 Å². The number of benzene rings is 1. The smallest absolute Gasteiger partial charge is 0.372 e. The van der Waals surface area contributed by atoms with Crippen LogP contribution in [0, 0.1) is 0 Å². The Kier molecular flexibility index (Phi) is 5.76. The monoisotopic (exact) mass is 330 g/mol. The van der Waals surface area contributed by atoms with Crippen molar-refractivity contribution in [2.24, 2.45) is 0 Å². The lowest BCUT2D eigenvalue weighted by Gasteiger charge is -2.16. The summed E-state index contributed by atoms with van der Waals surface area (Å²) in [4.78, 5) is 0. The third-order valence-corrected chi connectivity index (χ3v) is 2.93. The predicted octanol–water partition coefficient (Wildman–Crippen LogP) is 4.75. The standard InChI is InChI=1S/C11H11BrClF3O/c12-7-10(17-6-5-11(14,15)16)8-1-3-9(13)4-2-8/h1-4,10H,5-7H2. The van der Waals surface area contributed by atoms with Gasteiger partial charge in [0, 0.05) is 10.4 Å². The first kappa shape index (κ1) is 14.8. The second-order valence-corrected chi connectivity index (χ2v) is 4.51. The molecule has 0 N–H and O–H groups in total. The van der Waals surface area contributed by atoms with E-state index in [4.69, 9.17) is 16.3 Å². The van der Waals surface area contributed by atoms with Gasteiger partial charge in [-0.3, -0.25) is 0 Å². The van der Waals surface area contributed by atoms with Crippen LogP contribution in [0.2, 0.25) is 5.02 Å². The maximum atomic E-state index is 12.0. The van der Waals surface area contributed by atoms with Crippen LogP contribution in [0.4, 0.5) is 13.2 Å². The van der Waals surface area contributed by atoms with Crippen molar-refractivity contribution in [3.05, 3.63) is 34.9 Å². The molecule has 0 aliphatic heterocycles. The van der Waals surface area contributed by atoms with Crippen LogP contribution in [0.3, 0.4) is 0 Å². The lowest BCUT2D eigenvalue weighted by atomic mass is 10.1. The Hall–Kier alpha value is -0.260. The van der Waals surface area contributed by atoms with Gasteiger partial charge in [-0.2, -0.15) is 13.2 Å². The summed E-state index contributed by atoms with van der Waals surface area (Å²) in [6, 6.07) is 6.84.